The Bertz CT molecular complexity index is 791. The number of carbonyl (C=O) groups excluding carboxylic acids is 4. The van der Waals surface area contributed by atoms with Gasteiger partial charge in [0.25, 0.3) is 11.8 Å². The number of hydrogen-bond donors (Lipinski definition) is 3. The normalized spacial score (nSPS) is 26.3. The first-order valence-electron chi connectivity index (χ1n) is 8.35. The van der Waals surface area contributed by atoms with Crippen molar-refractivity contribution in [1.29, 1.82) is 0 Å². The maximum Gasteiger partial charge on any atom is 0.259 e. The molecule has 2 saturated heterocycles. The molecule has 3 heterocycles. The molecule has 3 N–H and O–H groups in total. The molecule has 0 aromatic heterocycles. The van der Waals surface area contributed by atoms with Crippen molar-refractivity contribution < 1.29 is 19.2 Å². The quantitative estimate of drug-likeness (QED) is 0.620. The van der Waals surface area contributed by atoms with Gasteiger partial charge in [-0.05, 0) is 24.6 Å². The van der Waals surface area contributed by atoms with Gasteiger partial charge in [-0.15, -0.1) is 0 Å². The van der Waals surface area contributed by atoms with Crippen LogP contribution in [0.15, 0.2) is 18.2 Å². The summed E-state index contributed by atoms with van der Waals surface area (Å²) in [7, 11) is 0. The lowest BCUT2D eigenvalue weighted by Crippen LogP contribution is -2.59. The standard InChI is InChI=1S/C17H18N4O4/c22-14-4-3-11(16(24)19-14)13-8-18-5-6-21(13)9-1-2-10-12(7-9)17(25)20-15(10)23/h1-2,7,11,13,18H,3-6,8H2,(H,19,22,24)(H,20,23,25). The third-order valence-electron chi connectivity index (χ3n) is 5.08. The molecule has 3 aliphatic rings. The Morgan fingerprint density at radius 3 is 2.60 bits per heavy atom. The Kier molecular flexibility index (Phi) is 3.76. The van der Waals surface area contributed by atoms with Crippen molar-refractivity contribution in [3.63, 3.8) is 0 Å². The summed E-state index contributed by atoms with van der Waals surface area (Å²) in [5.74, 6) is -1.55. The fourth-order valence-corrected chi connectivity index (χ4v) is 3.82. The van der Waals surface area contributed by atoms with E-state index in [0.717, 1.165) is 12.2 Å². The Morgan fingerprint density at radius 2 is 1.80 bits per heavy atom. The molecule has 0 aliphatic carbocycles. The zero-order valence-electron chi connectivity index (χ0n) is 13.5. The van der Waals surface area contributed by atoms with Gasteiger partial charge in [0.1, 0.15) is 0 Å². The number of anilines is 1. The highest BCUT2D eigenvalue weighted by Gasteiger charge is 2.38. The molecule has 130 valence electrons. The van der Waals surface area contributed by atoms with Crippen molar-refractivity contribution in [2.75, 3.05) is 24.5 Å². The van der Waals surface area contributed by atoms with Gasteiger partial charge in [-0.3, -0.25) is 29.8 Å². The van der Waals surface area contributed by atoms with E-state index in [-0.39, 0.29) is 29.7 Å². The van der Waals surface area contributed by atoms with E-state index in [9.17, 15) is 19.2 Å². The molecule has 1 aromatic carbocycles. The van der Waals surface area contributed by atoms with E-state index in [1.165, 1.54) is 0 Å². The lowest BCUT2D eigenvalue weighted by molar-refractivity contribution is -0.136. The lowest BCUT2D eigenvalue weighted by atomic mass is 9.88. The number of carbonyl (C=O) groups is 4. The fourth-order valence-electron chi connectivity index (χ4n) is 3.82. The molecular weight excluding hydrogens is 324 g/mol. The number of nitrogens with one attached hydrogen (secondary N) is 3. The first-order chi connectivity index (χ1) is 12.0. The largest absolute Gasteiger partial charge is 0.365 e. The summed E-state index contributed by atoms with van der Waals surface area (Å²) in [4.78, 5) is 49.4. The molecular formula is C17H18N4O4. The van der Waals surface area contributed by atoms with E-state index in [1.807, 2.05) is 0 Å². The summed E-state index contributed by atoms with van der Waals surface area (Å²) in [6.45, 7) is 2.05. The van der Waals surface area contributed by atoms with E-state index < -0.39 is 5.91 Å². The van der Waals surface area contributed by atoms with Crippen LogP contribution >= 0.6 is 0 Å². The molecule has 8 nitrogen and oxygen atoms in total. The first-order valence-corrected chi connectivity index (χ1v) is 8.35. The second kappa shape index (κ2) is 5.96. The summed E-state index contributed by atoms with van der Waals surface area (Å²) in [6.07, 6.45) is 0.846. The van der Waals surface area contributed by atoms with Gasteiger partial charge in [0, 0.05) is 31.7 Å². The third-order valence-corrected chi connectivity index (χ3v) is 5.08. The van der Waals surface area contributed by atoms with Crippen molar-refractivity contribution in [2.24, 2.45) is 5.92 Å². The van der Waals surface area contributed by atoms with E-state index in [4.69, 9.17) is 0 Å². The van der Waals surface area contributed by atoms with Gasteiger partial charge in [0.05, 0.1) is 23.1 Å². The first kappa shape index (κ1) is 15.8. The third kappa shape index (κ3) is 2.68. The van der Waals surface area contributed by atoms with Gasteiger partial charge in [0.15, 0.2) is 0 Å². The van der Waals surface area contributed by atoms with Crippen molar-refractivity contribution in [3.8, 4) is 0 Å². The van der Waals surface area contributed by atoms with Gasteiger partial charge in [0.2, 0.25) is 11.8 Å². The van der Waals surface area contributed by atoms with Crippen LogP contribution in [0.25, 0.3) is 0 Å². The Morgan fingerprint density at radius 1 is 1.00 bits per heavy atom. The van der Waals surface area contributed by atoms with Gasteiger partial charge in [-0.2, -0.15) is 0 Å². The molecule has 4 rings (SSSR count). The van der Waals surface area contributed by atoms with Crippen molar-refractivity contribution in [1.82, 2.24) is 16.0 Å². The molecule has 8 heteroatoms. The maximum atomic E-state index is 12.3. The van der Waals surface area contributed by atoms with Crippen LogP contribution in [0.1, 0.15) is 33.6 Å². The second-order valence-corrected chi connectivity index (χ2v) is 6.54. The maximum absolute atomic E-state index is 12.3. The number of fused-ring (bicyclic) bond motifs is 1. The minimum Gasteiger partial charge on any atom is -0.365 e. The molecule has 3 aliphatic heterocycles. The summed E-state index contributed by atoms with van der Waals surface area (Å²) >= 11 is 0. The van der Waals surface area contributed by atoms with Crippen LogP contribution in [-0.4, -0.2) is 49.3 Å². The summed E-state index contributed by atoms with van der Waals surface area (Å²) in [5.41, 5.74) is 1.55. The number of piperazine rings is 1. The SMILES string of the molecule is O=C1CCC(C2CNCCN2c2ccc3c(c2)C(=O)NC3=O)C(=O)N1. The van der Waals surface area contributed by atoms with Crippen molar-refractivity contribution >= 4 is 29.3 Å². The van der Waals surface area contributed by atoms with Gasteiger partial charge >= 0.3 is 0 Å². The van der Waals surface area contributed by atoms with E-state index in [2.05, 4.69) is 20.9 Å². The van der Waals surface area contributed by atoms with Crippen LogP contribution < -0.4 is 20.9 Å². The molecule has 2 atom stereocenters. The average Bonchev–Trinajstić information content (AvgIpc) is 2.89. The van der Waals surface area contributed by atoms with E-state index in [0.29, 0.717) is 37.1 Å². The second-order valence-electron chi connectivity index (χ2n) is 6.54. The summed E-state index contributed by atoms with van der Waals surface area (Å²) in [5, 5.41) is 7.99. The molecule has 25 heavy (non-hydrogen) atoms. The Balaban J connectivity index is 1.65. The van der Waals surface area contributed by atoms with Crippen LogP contribution in [-0.2, 0) is 9.59 Å². The molecule has 0 spiro atoms. The summed E-state index contributed by atoms with van der Waals surface area (Å²) in [6, 6.07) is 5.05. The van der Waals surface area contributed by atoms with Crippen LogP contribution in [0.3, 0.4) is 0 Å². The fraction of sp³-hybridized carbons (Fsp3) is 0.412. The highest BCUT2D eigenvalue weighted by molar-refractivity contribution is 6.21. The Hall–Kier alpha value is -2.74. The van der Waals surface area contributed by atoms with Crippen molar-refractivity contribution in [3.05, 3.63) is 29.3 Å². The molecule has 4 amide bonds. The number of piperidine rings is 1. The topological polar surface area (TPSA) is 108 Å². The van der Waals surface area contributed by atoms with Gasteiger partial charge in [-0.1, -0.05) is 0 Å². The molecule has 0 bridgehead atoms. The summed E-state index contributed by atoms with van der Waals surface area (Å²) < 4.78 is 0. The lowest BCUT2D eigenvalue weighted by Gasteiger charge is -2.42. The zero-order chi connectivity index (χ0) is 17.6. The minimum atomic E-state index is -0.394. The van der Waals surface area contributed by atoms with Crippen molar-refractivity contribution in [2.45, 2.75) is 18.9 Å². The molecule has 0 saturated carbocycles. The average molecular weight is 342 g/mol. The number of nitrogens with zero attached hydrogens (tertiary/aromatic N) is 1. The number of benzene rings is 1. The van der Waals surface area contributed by atoms with E-state index in [1.54, 1.807) is 18.2 Å². The smallest absolute Gasteiger partial charge is 0.259 e. The number of imide groups is 2. The van der Waals surface area contributed by atoms with Gasteiger partial charge < -0.3 is 10.2 Å². The van der Waals surface area contributed by atoms with E-state index >= 15 is 0 Å². The Labute approximate surface area is 143 Å². The number of rotatable bonds is 2. The van der Waals surface area contributed by atoms with Crippen LogP contribution in [0.5, 0.6) is 0 Å². The predicted molar refractivity (Wildman–Crippen MR) is 88.1 cm³/mol. The van der Waals surface area contributed by atoms with Crippen LogP contribution in [0.2, 0.25) is 0 Å². The molecule has 2 unspecified atom stereocenters. The number of amides is 4. The minimum absolute atomic E-state index is 0.111. The molecule has 1 aromatic rings. The van der Waals surface area contributed by atoms with Crippen LogP contribution in [0, 0.1) is 5.92 Å². The zero-order valence-corrected chi connectivity index (χ0v) is 13.5. The molecule has 0 radical (unpaired) electrons. The monoisotopic (exact) mass is 342 g/mol. The number of hydrogen-bond acceptors (Lipinski definition) is 6. The highest BCUT2D eigenvalue weighted by Crippen LogP contribution is 2.29. The predicted octanol–water partition coefficient (Wildman–Crippen LogP) is -0.599. The van der Waals surface area contributed by atoms with Crippen LogP contribution in [0.4, 0.5) is 5.69 Å². The molecule has 2 fully saturated rings. The highest BCUT2D eigenvalue weighted by atomic mass is 16.2. The van der Waals surface area contributed by atoms with Gasteiger partial charge in [-0.25, -0.2) is 0 Å².